The van der Waals surface area contributed by atoms with E-state index in [0.717, 1.165) is 0 Å². The highest BCUT2D eigenvalue weighted by molar-refractivity contribution is 5.74. The molecule has 6 nitrogen and oxygen atoms in total. The zero-order valence-electron chi connectivity index (χ0n) is 8.28. The van der Waals surface area contributed by atoms with E-state index in [1.807, 2.05) is 0 Å². The maximum atomic E-state index is 10.9. The van der Waals surface area contributed by atoms with Crippen LogP contribution < -0.4 is 10.6 Å². The van der Waals surface area contributed by atoms with Crippen molar-refractivity contribution in [3.63, 3.8) is 0 Å². The average Bonchev–Trinajstić information content (AvgIpc) is 2.19. The number of hydrogen-bond donors (Lipinski definition) is 3. The number of carboxylic acid groups (broad SMARTS) is 1. The molecule has 0 saturated heterocycles. The molecule has 0 radical (unpaired) electrons. The van der Waals surface area contributed by atoms with E-state index in [-0.39, 0.29) is 32.2 Å². The van der Waals surface area contributed by atoms with Crippen molar-refractivity contribution in [2.45, 2.75) is 6.42 Å². The molecule has 0 saturated carbocycles. The summed E-state index contributed by atoms with van der Waals surface area (Å²) in [7, 11) is 0. The van der Waals surface area contributed by atoms with Gasteiger partial charge in [-0.25, -0.2) is 4.79 Å². The number of aliphatic carboxylic acids is 1. The minimum atomic E-state index is -0.908. The molecule has 0 fully saturated rings. The number of nitrogens with one attached hydrogen (secondary N) is 2. The van der Waals surface area contributed by atoms with Gasteiger partial charge in [-0.3, -0.25) is 4.79 Å². The van der Waals surface area contributed by atoms with Gasteiger partial charge in [-0.2, -0.15) is 0 Å². The summed E-state index contributed by atoms with van der Waals surface area (Å²) in [5, 5.41) is 13.2. The van der Waals surface area contributed by atoms with E-state index >= 15 is 0 Å². The molecule has 0 spiro atoms. The molecule has 0 aromatic heterocycles. The molecule has 2 amide bonds. The number of ether oxygens (including phenoxy) is 1. The van der Waals surface area contributed by atoms with Crippen LogP contribution in [0.25, 0.3) is 0 Å². The van der Waals surface area contributed by atoms with Crippen molar-refractivity contribution in [1.82, 2.24) is 10.6 Å². The second kappa shape index (κ2) is 8.84. The van der Waals surface area contributed by atoms with Gasteiger partial charge in [-0.1, -0.05) is 5.92 Å². The Hall–Kier alpha value is -1.74. The number of carbonyl (C=O) groups is 2. The van der Waals surface area contributed by atoms with Crippen LogP contribution in [-0.4, -0.2) is 43.4 Å². The van der Waals surface area contributed by atoms with Crippen LogP contribution in [0.15, 0.2) is 0 Å². The molecule has 0 aromatic carbocycles. The predicted octanol–water partition coefficient (Wildman–Crippen LogP) is -0.590. The second-order valence-electron chi connectivity index (χ2n) is 2.57. The molecule has 0 aliphatic heterocycles. The Morgan fingerprint density at radius 1 is 1.33 bits per heavy atom. The van der Waals surface area contributed by atoms with E-state index in [0.29, 0.717) is 6.54 Å². The Morgan fingerprint density at radius 2 is 2.07 bits per heavy atom. The lowest BCUT2D eigenvalue weighted by atomic mass is 10.5. The van der Waals surface area contributed by atoms with E-state index < -0.39 is 5.97 Å². The van der Waals surface area contributed by atoms with Gasteiger partial charge >= 0.3 is 12.0 Å². The van der Waals surface area contributed by atoms with E-state index in [1.165, 1.54) is 0 Å². The molecule has 6 heteroatoms. The monoisotopic (exact) mass is 214 g/mol. The molecule has 0 heterocycles. The molecule has 0 aromatic rings. The van der Waals surface area contributed by atoms with E-state index in [2.05, 4.69) is 16.6 Å². The topological polar surface area (TPSA) is 87.7 Å². The van der Waals surface area contributed by atoms with Crippen molar-refractivity contribution < 1.29 is 19.4 Å². The number of carboxylic acids is 1. The summed E-state index contributed by atoms with van der Waals surface area (Å²) in [6, 6.07) is -0.366. The van der Waals surface area contributed by atoms with Crippen molar-refractivity contribution in [3.05, 3.63) is 0 Å². The fraction of sp³-hybridized carbons (Fsp3) is 0.556. The van der Waals surface area contributed by atoms with Gasteiger partial charge in [0, 0.05) is 6.54 Å². The van der Waals surface area contributed by atoms with Crippen molar-refractivity contribution in [2.24, 2.45) is 0 Å². The zero-order chi connectivity index (χ0) is 11.5. The second-order valence-corrected chi connectivity index (χ2v) is 2.57. The minimum Gasteiger partial charge on any atom is -0.481 e. The van der Waals surface area contributed by atoms with Gasteiger partial charge in [0.05, 0.1) is 26.2 Å². The molecular formula is C9H14N2O4. The summed E-state index contributed by atoms with van der Waals surface area (Å²) in [5.41, 5.74) is 0. The van der Waals surface area contributed by atoms with Crippen LogP contribution >= 0.6 is 0 Å². The third-order valence-corrected chi connectivity index (χ3v) is 1.34. The third-order valence-electron chi connectivity index (χ3n) is 1.34. The van der Waals surface area contributed by atoms with Crippen molar-refractivity contribution in [2.75, 3.05) is 26.3 Å². The van der Waals surface area contributed by atoms with Gasteiger partial charge < -0.3 is 20.5 Å². The zero-order valence-corrected chi connectivity index (χ0v) is 8.28. The maximum Gasteiger partial charge on any atom is 0.315 e. The highest BCUT2D eigenvalue weighted by Gasteiger charge is 1.98. The van der Waals surface area contributed by atoms with Crippen LogP contribution in [-0.2, 0) is 9.53 Å². The van der Waals surface area contributed by atoms with Crippen molar-refractivity contribution in [3.8, 4) is 12.3 Å². The van der Waals surface area contributed by atoms with Crippen LogP contribution in [0.1, 0.15) is 6.42 Å². The fourth-order valence-electron chi connectivity index (χ4n) is 0.692. The summed E-state index contributed by atoms with van der Waals surface area (Å²) in [6.07, 6.45) is 4.89. The van der Waals surface area contributed by atoms with Gasteiger partial charge in [0.25, 0.3) is 0 Å². The summed E-state index contributed by atoms with van der Waals surface area (Å²) in [6.45, 7) is 0.904. The number of rotatable bonds is 7. The smallest absolute Gasteiger partial charge is 0.315 e. The summed E-state index contributed by atoms with van der Waals surface area (Å²) >= 11 is 0. The first-order chi connectivity index (χ1) is 7.16. The average molecular weight is 214 g/mol. The third kappa shape index (κ3) is 10.2. The molecule has 0 bridgehead atoms. The summed E-state index contributed by atoms with van der Waals surface area (Å²) in [4.78, 5) is 21.0. The molecule has 0 rings (SSSR count). The first-order valence-electron chi connectivity index (χ1n) is 4.41. The Balaban J connectivity index is 3.20. The van der Waals surface area contributed by atoms with E-state index in [9.17, 15) is 9.59 Å². The molecule has 0 aliphatic carbocycles. The summed E-state index contributed by atoms with van der Waals surface area (Å²) < 4.78 is 4.94. The van der Waals surface area contributed by atoms with Crippen LogP contribution in [0.5, 0.6) is 0 Å². The normalized spacial score (nSPS) is 9.00. The standard InChI is InChI=1S/C9H14N2O4/c1-2-4-10-9(14)11-5-7-15-6-3-8(12)13/h1H,3-7H2,(H,12,13)(H2,10,11,14). The number of carbonyl (C=O) groups excluding carboxylic acids is 1. The molecular weight excluding hydrogens is 200 g/mol. The molecule has 0 unspecified atom stereocenters. The lowest BCUT2D eigenvalue weighted by Crippen LogP contribution is -2.37. The Bertz CT molecular complexity index is 247. The van der Waals surface area contributed by atoms with Gasteiger partial charge in [-0.05, 0) is 0 Å². The summed E-state index contributed by atoms with van der Waals surface area (Å²) in [5.74, 6) is 1.35. The lowest BCUT2D eigenvalue weighted by Gasteiger charge is -2.05. The first-order valence-corrected chi connectivity index (χ1v) is 4.41. The van der Waals surface area contributed by atoms with Crippen LogP contribution in [0.4, 0.5) is 4.79 Å². The van der Waals surface area contributed by atoms with Gasteiger partial charge in [0.2, 0.25) is 0 Å². The fourth-order valence-corrected chi connectivity index (χ4v) is 0.692. The lowest BCUT2D eigenvalue weighted by molar-refractivity contribution is -0.138. The predicted molar refractivity (Wildman–Crippen MR) is 53.3 cm³/mol. The minimum absolute atomic E-state index is 0.0384. The van der Waals surface area contributed by atoms with Gasteiger partial charge in [-0.15, -0.1) is 6.42 Å². The van der Waals surface area contributed by atoms with Crippen molar-refractivity contribution >= 4 is 12.0 Å². The molecule has 0 aliphatic rings. The largest absolute Gasteiger partial charge is 0.481 e. The molecule has 0 atom stereocenters. The van der Waals surface area contributed by atoms with Crippen LogP contribution in [0.2, 0.25) is 0 Å². The quantitative estimate of drug-likeness (QED) is 0.390. The number of hydrogen-bond acceptors (Lipinski definition) is 3. The highest BCUT2D eigenvalue weighted by Crippen LogP contribution is 1.81. The van der Waals surface area contributed by atoms with Gasteiger partial charge in [0.15, 0.2) is 0 Å². The van der Waals surface area contributed by atoms with Crippen LogP contribution in [0, 0.1) is 12.3 Å². The molecule has 3 N–H and O–H groups in total. The van der Waals surface area contributed by atoms with Crippen LogP contribution in [0.3, 0.4) is 0 Å². The SMILES string of the molecule is C#CCNC(=O)NCCOCCC(=O)O. The van der Waals surface area contributed by atoms with Crippen molar-refractivity contribution in [1.29, 1.82) is 0 Å². The Labute approximate surface area is 88.0 Å². The Kier molecular flexibility index (Phi) is 7.82. The Morgan fingerprint density at radius 3 is 2.67 bits per heavy atom. The number of terminal acetylenes is 1. The first kappa shape index (κ1) is 13.3. The highest BCUT2D eigenvalue weighted by atomic mass is 16.5. The van der Waals surface area contributed by atoms with Gasteiger partial charge in [0.1, 0.15) is 0 Å². The maximum absolute atomic E-state index is 10.9. The molecule has 84 valence electrons. The number of amides is 2. The number of urea groups is 1. The molecule has 15 heavy (non-hydrogen) atoms. The van der Waals surface area contributed by atoms with E-state index in [1.54, 1.807) is 0 Å². The van der Waals surface area contributed by atoms with E-state index in [4.69, 9.17) is 16.3 Å².